The van der Waals surface area contributed by atoms with Gasteiger partial charge in [-0.05, 0) is 42.0 Å². The van der Waals surface area contributed by atoms with Crippen LogP contribution in [0.3, 0.4) is 0 Å². The Morgan fingerprint density at radius 2 is 1.82 bits per heavy atom. The largest absolute Gasteiger partial charge is 0.493 e. The molecule has 2 atom stereocenters. The highest BCUT2D eigenvalue weighted by atomic mass is 16.5. The van der Waals surface area contributed by atoms with E-state index in [1.807, 2.05) is 18.2 Å². The molecule has 1 aliphatic rings. The zero-order chi connectivity index (χ0) is 19.9. The molecule has 1 N–H and O–H groups in total. The minimum atomic E-state index is 0.0306. The predicted octanol–water partition coefficient (Wildman–Crippen LogP) is 1.62. The van der Waals surface area contributed by atoms with Gasteiger partial charge in [-0.1, -0.05) is 24.3 Å². The second kappa shape index (κ2) is 6.91. The van der Waals surface area contributed by atoms with Crippen LogP contribution in [0.2, 0.25) is 0 Å². The van der Waals surface area contributed by atoms with Crippen LogP contribution < -0.4 is 14.4 Å². The summed E-state index contributed by atoms with van der Waals surface area (Å²) in [6, 6.07) is 14.3. The molecule has 0 radical (unpaired) electrons. The highest BCUT2D eigenvalue weighted by Gasteiger charge is 2.44. The number of methoxy groups -OCH3 is 2. The number of tetrazole rings is 1. The summed E-state index contributed by atoms with van der Waals surface area (Å²) in [5.41, 5.74) is 3.53. The normalized spacial score (nSPS) is 20.5. The van der Waals surface area contributed by atoms with E-state index in [4.69, 9.17) is 9.47 Å². The molecule has 0 aliphatic carbocycles. The Bertz CT molecular complexity index is 998. The van der Waals surface area contributed by atoms with Gasteiger partial charge in [-0.2, -0.15) is 4.68 Å². The SMILES string of the molecule is COc1ccc(-n2nnnc2[C@@H]2c3ccccc3CC(C)(C)[NH+]2C)cc1OC. The van der Waals surface area contributed by atoms with E-state index in [2.05, 4.69) is 60.7 Å². The van der Waals surface area contributed by atoms with Crippen LogP contribution >= 0.6 is 0 Å². The molecule has 7 nitrogen and oxygen atoms in total. The summed E-state index contributed by atoms with van der Waals surface area (Å²) < 4.78 is 12.6. The lowest BCUT2D eigenvalue weighted by Crippen LogP contribution is -3.18. The lowest BCUT2D eigenvalue weighted by atomic mass is 9.81. The molecule has 0 spiro atoms. The third-order valence-corrected chi connectivity index (χ3v) is 5.86. The molecule has 1 aliphatic heterocycles. The van der Waals surface area contributed by atoms with Gasteiger partial charge in [0, 0.05) is 18.1 Å². The van der Waals surface area contributed by atoms with Gasteiger partial charge in [-0.15, -0.1) is 5.10 Å². The number of rotatable bonds is 4. The zero-order valence-electron chi connectivity index (χ0n) is 16.9. The standard InChI is InChI=1S/C21H25N5O2/c1-21(2)13-14-8-6-7-9-16(14)19(25(21)3)20-22-23-24-26(20)15-10-11-17(27-4)18(12-15)28-5/h6-12,19H,13H2,1-5H3/p+1/t19-/m0/s1. The molecule has 2 aromatic carbocycles. The molecule has 0 amide bonds. The van der Waals surface area contributed by atoms with Gasteiger partial charge < -0.3 is 14.4 Å². The number of quaternary nitrogens is 1. The number of likely N-dealkylation sites (N-methyl/N-ethyl adjacent to an activating group) is 1. The lowest BCUT2D eigenvalue weighted by Gasteiger charge is -2.42. The Kier molecular flexibility index (Phi) is 4.55. The van der Waals surface area contributed by atoms with E-state index >= 15 is 0 Å². The van der Waals surface area contributed by atoms with Gasteiger partial charge in [0.25, 0.3) is 0 Å². The lowest BCUT2D eigenvalue weighted by molar-refractivity contribution is -0.957. The third kappa shape index (κ3) is 2.92. The summed E-state index contributed by atoms with van der Waals surface area (Å²) in [7, 11) is 5.47. The maximum atomic E-state index is 5.46. The van der Waals surface area contributed by atoms with Gasteiger partial charge in [-0.3, -0.25) is 0 Å². The van der Waals surface area contributed by atoms with Crippen molar-refractivity contribution in [2.24, 2.45) is 0 Å². The van der Waals surface area contributed by atoms with Gasteiger partial charge in [0.15, 0.2) is 17.5 Å². The minimum absolute atomic E-state index is 0.0306. The van der Waals surface area contributed by atoms with Crippen LogP contribution in [0.5, 0.6) is 11.5 Å². The summed E-state index contributed by atoms with van der Waals surface area (Å²) in [6.07, 6.45) is 1.02. The van der Waals surface area contributed by atoms with E-state index < -0.39 is 0 Å². The van der Waals surface area contributed by atoms with Crippen LogP contribution in [-0.2, 0) is 6.42 Å². The first-order valence-electron chi connectivity index (χ1n) is 9.38. The van der Waals surface area contributed by atoms with Gasteiger partial charge in [0.1, 0.15) is 0 Å². The first-order chi connectivity index (χ1) is 13.5. The Morgan fingerprint density at radius 1 is 1.07 bits per heavy atom. The Labute approximate surface area is 164 Å². The maximum absolute atomic E-state index is 5.46. The van der Waals surface area contributed by atoms with Gasteiger partial charge in [0.05, 0.1) is 32.5 Å². The summed E-state index contributed by atoms with van der Waals surface area (Å²) in [5.74, 6) is 2.13. The molecule has 1 aromatic heterocycles. The fourth-order valence-electron chi connectivity index (χ4n) is 4.06. The summed E-state index contributed by atoms with van der Waals surface area (Å²) in [5, 5.41) is 12.7. The Morgan fingerprint density at radius 3 is 2.57 bits per heavy atom. The Hall–Kier alpha value is -2.93. The average molecular weight is 380 g/mol. The van der Waals surface area contributed by atoms with E-state index in [0.29, 0.717) is 11.5 Å². The monoisotopic (exact) mass is 380 g/mol. The number of hydrogen-bond acceptors (Lipinski definition) is 5. The number of fused-ring (bicyclic) bond motifs is 1. The fraction of sp³-hybridized carbons (Fsp3) is 0.381. The molecule has 7 heteroatoms. The van der Waals surface area contributed by atoms with E-state index in [1.165, 1.54) is 16.0 Å². The highest BCUT2D eigenvalue weighted by Crippen LogP contribution is 2.32. The predicted molar refractivity (Wildman–Crippen MR) is 105 cm³/mol. The van der Waals surface area contributed by atoms with Crippen molar-refractivity contribution < 1.29 is 14.4 Å². The van der Waals surface area contributed by atoms with Crippen LogP contribution in [0.1, 0.15) is 36.8 Å². The van der Waals surface area contributed by atoms with Crippen molar-refractivity contribution in [1.29, 1.82) is 0 Å². The molecule has 0 bridgehead atoms. The number of nitrogens with one attached hydrogen (secondary N) is 1. The molecule has 1 unspecified atom stereocenters. The van der Waals surface area contributed by atoms with Crippen LogP contribution in [0, 0.1) is 0 Å². The van der Waals surface area contributed by atoms with Crippen LogP contribution in [-0.4, -0.2) is 47.0 Å². The summed E-state index contributed by atoms with van der Waals surface area (Å²) in [4.78, 5) is 1.36. The van der Waals surface area contributed by atoms with Gasteiger partial charge in [-0.25, -0.2) is 0 Å². The van der Waals surface area contributed by atoms with Crippen LogP contribution in [0.15, 0.2) is 42.5 Å². The molecule has 146 valence electrons. The van der Waals surface area contributed by atoms with Crippen molar-refractivity contribution in [1.82, 2.24) is 20.2 Å². The van der Waals surface area contributed by atoms with E-state index in [1.54, 1.807) is 18.9 Å². The van der Waals surface area contributed by atoms with Crippen LogP contribution in [0.4, 0.5) is 0 Å². The zero-order valence-corrected chi connectivity index (χ0v) is 16.9. The number of benzene rings is 2. The van der Waals surface area contributed by atoms with Crippen molar-refractivity contribution in [2.45, 2.75) is 31.8 Å². The molecule has 4 rings (SSSR count). The third-order valence-electron chi connectivity index (χ3n) is 5.86. The van der Waals surface area contributed by atoms with E-state index in [0.717, 1.165) is 17.9 Å². The fourth-order valence-corrected chi connectivity index (χ4v) is 4.06. The van der Waals surface area contributed by atoms with Crippen molar-refractivity contribution in [3.8, 4) is 17.2 Å². The number of hydrogen-bond donors (Lipinski definition) is 1. The first kappa shape index (κ1) is 18.4. The van der Waals surface area contributed by atoms with Crippen LogP contribution in [0.25, 0.3) is 5.69 Å². The molecule has 28 heavy (non-hydrogen) atoms. The smallest absolute Gasteiger partial charge is 0.219 e. The van der Waals surface area contributed by atoms with Crippen molar-refractivity contribution >= 4 is 0 Å². The average Bonchev–Trinajstić information content (AvgIpc) is 3.17. The van der Waals surface area contributed by atoms with E-state index in [9.17, 15) is 0 Å². The van der Waals surface area contributed by atoms with Crippen molar-refractivity contribution in [3.05, 3.63) is 59.4 Å². The molecule has 0 saturated carbocycles. The van der Waals surface area contributed by atoms with Crippen molar-refractivity contribution in [2.75, 3.05) is 21.3 Å². The number of ether oxygens (including phenoxy) is 2. The summed E-state index contributed by atoms with van der Waals surface area (Å²) in [6.45, 7) is 4.58. The molecule has 0 saturated heterocycles. The van der Waals surface area contributed by atoms with Gasteiger partial charge >= 0.3 is 0 Å². The highest BCUT2D eigenvalue weighted by molar-refractivity contribution is 5.49. The first-order valence-corrected chi connectivity index (χ1v) is 9.38. The van der Waals surface area contributed by atoms with E-state index in [-0.39, 0.29) is 11.6 Å². The number of aromatic nitrogens is 4. The van der Waals surface area contributed by atoms with Crippen molar-refractivity contribution in [3.63, 3.8) is 0 Å². The van der Waals surface area contributed by atoms with Gasteiger partial charge in [0.2, 0.25) is 5.82 Å². The summed E-state index contributed by atoms with van der Waals surface area (Å²) >= 11 is 0. The maximum Gasteiger partial charge on any atom is 0.219 e. The minimum Gasteiger partial charge on any atom is -0.493 e. The molecular formula is C21H26N5O2+. The topological polar surface area (TPSA) is 66.5 Å². The number of nitrogens with zero attached hydrogens (tertiary/aromatic N) is 4. The molecule has 3 aromatic rings. The quantitative estimate of drug-likeness (QED) is 0.745. The molecular weight excluding hydrogens is 354 g/mol. The Balaban J connectivity index is 1.85. The second-order valence-corrected chi connectivity index (χ2v) is 7.86. The molecule has 0 fully saturated rings. The second-order valence-electron chi connectivity index (χ2n) is 7.86. The molecule has 2 heterocycles.